The van der Waals surface area contributed by atoms with Gasteiger partial charge in [0, 0.05) is 24.4 Å². The topological polar surface area (TPSA) is 144 Å². The normalized spacial score (nSPS) is 24.9. The Morgan fingerprint density at radius 1 is 1.00 bits per heavy atom. The molecule has 0 saturated carbocycles. The third-order valence-corrected chi connectivity index (χ3v) is 20.1. The van der Waals surface area contributed by atoms with Crippen molar-refractivity contribution in [3.63, 3.8) is 0 Å². The van der Waals surface area contributed by atoms with Crippen molar-refractivity contribution < 1.29 is 31.0 Å². The minimum absolute atomic E-state index is 0.0871. The van der Waals surface area contributed by atoms with Gasteiger partial charge in [-0.3, -0.25) is 18.7 Å². The van der Waals surface area contributed by atoms with Crippen LogP contribution in [0.5, 0.6) is 0 Å². The first kappa shape index (κ1) is 37.2. The maximum absolute atomic E-state index is 13.7. The summed E-state index contributed by atoms with van der Waals surface area (Å²) in [5.74, 6) is -0.564. The Morgan fingerprint density at radius 3 is 2.13 bits per heavy atom. The molecule has 0 radical (unpaired) electrons. The number of nitrogens with zero attached hydrogens (tertiary/aromatic N) is 2. The van der Waals surface area contributed by atoms with Crippen molar-refractivity contribution in [2.45, 2.75) is 109 Å². The van der Waals surface area contributed by atoms with E-state index in [1.807, 2.05) is 33.9 Å². The molecule has 12 nitrogen and oxygen atoms in total. The van der Waals surface area contributed by atoms with Crippen molar-refractivity contribution in [2.24, 2.45) is 7.05 Å². The second kappa shape index (κ2) is 12.3. The summed E-state index contributed by atoms with van der Waals surface area (Å²) in [5.41, 5.74) is -2.65. The molecular formula is C32H49N3O9SSi2. The number of hydrogen-bond donors (Lipinski definition) is 1. The first-order valence-electron chi connectivity index (χ1n) is 15.6. The molecule has 1 aromatic heterocycles. The third-order valence-electron chi connectivity index (χ3n) is 10.1. The van der Waals surface area contributed by atoms with Crippen LogP contribution in [0, 0.1) is 6.92 Å². The number of hydrogen-bond acceptors (Lipinski definition) is 9. The molecule has 2 aliphatic rings. The molecule has 260 valence electrons. The van der Waals surface area contributed by atoms with Gasteiger partial charge in [0.05, 0.1) is 17.7 Å². The van der Waals surface area contributed by atoms with Crippen LogP contribution in [-0.2, 0) is 34.9 Å². The van der Waals surface area contributed by atoms with Crippen molar-refractivity contribution in [1.82, 2.24) is 14.5 Å². The monoisotopic (exact) mass is 707 g/mol. The third kappa shape index (κ3) is 6.93. The van der Waals surface area contributed by atoms with E-state index in [1.165, 1.54) is 17.8 Å². The largest absolute Gasteiger partial charge is 0.414 e. The van der Waals surface area contributed by atoms with Crippen LogP contribution in [0.2, 0.25) is 36.3 Å². The predicted octanol–water partition coefficient (Wildman–Crippen LogP) is 4.54. The number of benzene rings is 1. The minimum Gasteiger partial charge on any atom is -0.414 e. The van der Waals surface area contributed by atoms with Gasteiger partial charge in [-0.05, 0) is 55.3 Å². The number of carbonyl (C=O) groups is 1. The fourth-order valence-electron chi connectivity index (χ4n) is 5.11. The van der Waals surface area contributed by atoms with Crippen LogP contribution in [0.15, 0.2) is 57.2 Å². The molecule has 1 amide bonds. The number of rotatable bonds is 8. The molecule has 1 N–H and O–H groups in total. The highest BCUT2D eigenvalue weighted by atomic mass is 32.2. The van der Waals surface area contributed by atoms with E-state index >= 15 is 0 Å². The van der Waals surface area contributed by atoms with Gasteiger partial charge in [0.2, 0.25) is 0 Å². The van der Waals surface area contributed by atoms with Gasteiger partial charge in [-0.1, -0.05) is 59.7 Å². The second-order valence-corrected chi connectivity index (χ2v) is 26.4. The highest BCUT2D eigenvalue weighted by Gasteiger charge is 2.68. The molecule has 1 saturated heterocycles. The number of aromatic nitrogens is 2. The maximum atomic E-state index is 13.7. The molecule has 0 aliphatic carbocycles. The quantitative estimate of drug-likeness (QED) is 0.309. The molecule has 1 aromatic carbocycles. The fourth-order valence-corrected chi connectivity index (χ4v) is 8.65. The molecule has 4 unspecified atom stereocenters. The molecule has 3 heterocycles. The Bertz CT molecular complexity index is 1790. The number of carbonyl (C=O) groups excluding carboxylic acids is 1. The van der Waals surface area contributed by atoms with Crippen LogP contribution in [-0.4, -0.2) is 64.5 Å². The number of nitrogens with one attached hydrogen (secondary N) is 1. The molecule has 1 spiro atoms. The highest BCUT2D eigenvalue weighted by molar-refractivity contribution is 7.90. The van der Waals surface area contributed by atoms with Crippen LogP contribution in [0.1, 0.15) is 63.7 Å². The first-order valence-corrected chi connectivity index (χ1v) is 22.9. The smallest absolute Gasteiger partial charge is 0.332 e. The van der Waals surface area contributed by atoms with E-state index in [4.69, 9.17) is 17.8 Å². The highest BCUT2D eigenvalue weighted by Crippen LogP contribution is 2.52. The van der Waals surface area contributed by atoms with Gasteiger partial charge in [-0.15, -0.1) is 0 Å². The summed E-state index contributed by atoms with van der Waals surface area (Å²) in [4.78, 5) is 40.0. The van der Waals surface area contributed by atoms with E-state index in [0.29, 0.717) is 5.56 Å². The number of ether oxygens (including phenoxy) is 1. The lowest BCUT2D eigenvalue weighted by Gasteiger charge is -2.44. The van der Waals surface area contributed by atoms with Gasteiger partial charge in [-0.25, -0.2) is 8.98 Å². The zero-order chi connectivity index (χ0) is 35.5. The van der Waals surface area contributed by atoms with Crippen LogP contribution in [0.4, 0.5) is 0 Å². The van der Waals surface area contributed by atoms with E-state index in [2.05, 4.69) is 39.2 Å². The molecule has 1 fully saturated rings. The maximum Gasteiger partial charge on any atom is 0.332 e. The Kier molecular flexibility index (Phi) is 9.76. The zero-order valence-electron chi connectivity index (χ0n) is 29.5. The summed E-state index contributed by atoms with van der Waals surface area (Å²) < 4.78 is 55.5. The molecule has 4 rings (SSSR count). The zero-order valence-corrected chi connectivity index (χ0v) is 32.3. The summed E-state index contributed by atoms with van der Waals surface area (Å²) in [6, 6.07) is 8.37. The second-order valence-electron chi connectivity index (χ2n) is 15.5. The Labute approximate surface area is 279 Å². The summed E-state index contributed by atoms with van der Waals surface area (Å²) in [6.45, 7) is 21.8. The lowest BCUT2D eigenvalue weighted by atomic mass is 9.88. The molecule has 15 heteroatoms. The molecule has 2 aromatic rings. The van der Waals surface area contributed by atoms with E-state index in [9.17, 15) is 22.8 Å². The summed E-state index contributed by atoms with van der Waals surface area (Å²) >= 11 is 0. The van der Waals surface area contributed by atoms with E-state index in [0.717, 1.165) is 9.98 Å². The van der Waals surface area contributed by atoms with Crippen molar-refractivity contribution in [3.05, 3.63) is 79.6 Å². The van der Waals surface area contributed by atoms with Crippen molar-refractivity contribution in [1.29, 1.82) is 0 Å². The Balaban J connectivity index is 2.00. The fraction of sp³-hybridized carbons (Fsp3) is 0.594. The van der Waals surface area contributed by atoms with Crippen molar-refractivity contribution in [2.75, 3.05) is 6.61 Å². The number of aryl methyl sites for hydroxylation is 1. The van der Waals surface area contributed by atoms with E-state index < -0.39 is 67.9 Å². The molecule has 47 heavy (non-hydrogen) atoms. The van der Waals surface area contributed by atoms with Gasteiger partial charge in [0.15, 0.2) is 28.5 Å². The lowest BCUT2D eigenvalue weighted by Crippen LogP contribution is -2.60. The van der Waals surface area contributed by atoms with Crippen LogP contribution < -0.4 is 16.6 Å². The molecule has 2 aliphatic heterocycles. The summed E-state index contributed by atoms with van der Waals surface area (Å²) in [6.07, 6.45) is -2.32. The van der Waals surface area contributed by atoms with Gasteiger partial charge in [0.25, 0.3) is 21.6 Å². The van der Waals surface area contributed by atoms with E-state index in [1.54, 1.807) is 37.3 Å². The van der Waals surface area contributed by atoms with Crippen molar-refractivity contribution in [3.8, 4) is 0 Å². The van der Waals surface area contributed by atoms with E-state index in [-0.39, 0.29) is 27.9 Å². The first-order chi connectivity index (χ1) is 21.3. The van der Waals surface area contributed by atoms with Crippen molar-refractivity contribution >= 4 is 32.7 Å². The predicted molar refractivity (Wildman–Crippen MR) is 185 cm³/mol. The van der Waals surface area contributed by atoms with Crippen LogP contribution in [0.25, 0.3) is 0 Å². The lowest BCUT2D eigenvalue weighted by molar-refractivity contribution is -0.0571. The molecule has 4 atom stereocenters. The minimum atomic E-state index is -4.40. The average molecular weight is 708 g/mol. The molecular weight excluding hydrogens is 659 g/mol. The number of amides is 1. The van der Waals surface area contributed by atoms with Gasteiger partial charge in [-0.2, -0.15) is 8.42 Å². The van der Waals surface area contributed by atoms with Gasteiger partial charge < -0.3 is 18.9 Å². The standard InChI is InChI=1S/C32H49N3O9SSi2/c1-21-18-35(29(38)34(8)27(21)37)28-25(43-47(11,12)31(5,6)7)32(24(42-28)19-41-46(9,10)30(2,3)4)23(20-45(39,40)44-32)33-26(36)22-16-14-13-15-17-22/h13-18,20,24-25,28H,19H2,1-12H3,(H,33,36). The van der Waals surface area contributed by atoms with Crippen LogP contribution in [0.3, 0.4) is 0 Å². The van der Waals surface area contributed by atoms with Gasteiger partial charge >= 0.3 is 5.69 Å². The SMILES string of the molecule is Cc1cn(C2OC(CO[Si](C)(C)C(C)(C)C)C3(OS(=O)(=O)C=C3NC(=O)c3ccccc3)C2O[Si](C)(C)C(C)(C)C)c(=O)n(C)c1=O. The van der Waals surface area contributed by atoms with Gasteiger partial charge in [0.1, 0.15) is 12.2 Å². The molecule has 0 bridgehead atoms. The Morgan fingerprint density at radius 2 is 1.57 bits per heavy atom. The summed E-state index contributed by atoms with van der Waals surface area (Å²) in [7, 11) is -8.30. The van der Waals surface area contributed by atoms with Crippen LogP contribution >= 0.6 is 0 Å². The summed E-state index contributed by atoms with van der Waals surface area (Å²) in [5, 5.41) is 3.11. The average Bonchev–Trinajstić information content (AvgIpc) is 3.39. The Hall–Kier alpha value is -2.67.